The molecular weight excluding hydrogens is 378 g/mol. The zero-order valence-electron chi connectivity index (χ0n) is 17.5. The fourth-order valence-corrected chi connectivity index (χ4v) is 8.35. The van der Waals surface area contributed by atoms with Crippen molar-refractivity contribution in [2.24, 2.45) is 40.4 Å². The van der Waals surface area contributed by atoms with Crippen molar-refractivity contribution in [2.75, 3.05) is 6.54 Å². The molecule has 158 valence electrons. The number of carbonyl (C=O) groups is 2. The molecule has 1 saturated heterocycles. The second-order valence-electron chi connectivity index (χ2n) is 10.4. The summed E-state index contributed by atoms with van der Waals surface area (Å²) in [7, 11) is -3.44. The maximum Gasteiger partial charge on any atom is 0.270 e. The van der Waals surface area contributed by atoms with E-state index in [1.165, 1.54) is 0 Å². The summed E-state index contributed by atoms with van der Waals surface area (Å²) < 4.78 is 30.0. The molecule has 0 aromatic carbocycles. The summed E-state index contributed by atoms with van der Waals surface area (Å²) in [6, 6.07) is 0. The number of nitrogens with one attached hydrogen (secondary N) is 1. The molecule has 0 radical (unpaired) electrons. The lowest BCUT2D eigenvalue weighted by molar-refractivity contribution is -0.134. The molecule has 1 heterocycles. The van der Waals surface area contributed by atoms with Gasteiger partial charge in [0.15, 0.2) is 5.78 Å². The van der Waals surface area contributed by atoms with Crippen molar-refractivity contribution in [3.63, 3.8) is 0 Å². The van der Waals surface area contributed by atoms with Crippen molar-refractivity contribution >= 4 is 21.8 Å². The van der Waals surface area contributed by atoms with E-state index in [9.17, 15) is 18.0 Å². The SMILES string of the molecule is CCC(C)(C(=O)NCC(=O)C1CC1C1C2OS(=O)(=O)C3CC1(C)CC23)C(C)C. The molecule has 4 aliphatic rings. The first-order chi connectivity index (χ1) is 12.9. The highest BCUT2D eigenvalue weighted by Crippen LogP contribution is 2.69. The highest BCUT2D eigenvalue weighted by atomic mass is 32.2. The van der Waals surface area contributed by atoms with Gasteiger partial charge in [0.05, 0.1) is 17.9 Å². The predicted molar refractivity (Wildman–Crippen MR) is 105 cm³/mol. The molecule has 6 nitrogen and oxygen atoms in total. The van der Waals surface area contributed by atoms with Crippen molar-refractivity contribution in [2.45, 2.75) is 71.7 Å². The monoisotopic (exact) mass is 411 g/mol. The van der Waals surface area contributed by atoms with E-state index in [0.717, 1.165) is 19.3 Å². The lowest BCUT2D eigenvalue weighted by Gasteiger charge is -2.33. The Morgan fingerprint density at radius 1 is 1.25 bits per heavy atom. The molecular formula is C21H33NO5S. The standard InChI is InChI=1S/C21H33NO5S/c1-6-21(5,11(2)3)19(24)22-10-15(23)12-7-13(12)17-18-14-8-20(17,4)9-16(14)28(25,26)27-18/h11-14,16-18H,6-10H2,1-5H3,(H,22,24). The Balaban J connectivity index is 1.38. The fourth-order valence-electron chi connectivity index (χ4n) is 6.37. The van der Waals surface area contributed by atoms with Crippen LogP contribution in [0.1, 0.15) is 60.3 Å². The van der Waals surface area contributed by atoms with Gasteiger partial charge >= 0.3 is 0 Å². The second kappa shape index (κ2) is 6.27. The van der Waals surface area contributed by atoms with Crippen molar-refractivity contribution in [3.05, 3.63) is 0 Å². The minimum Gasteiger partial charge on any atom is -0.349 e. The zero-order chi connectivity index (χ0) is 20.6. The van der Waals surface area contributed by atoms with Crippen molar-refractivity contribution in [1.82, 2.24) is 5.32 Å². The molecule has 1 N–H and O–H groups in total. The number of hydrogen-bond acceptors (Lipinski definition) is 5. The fraction of sp³-hybridized carbons (Fsp3) is 0.905. The number of Topliss-reactive ketones (excluding diaryl/α,β-unsaturated/α-hetero) is 1. The summed E-state index contributed by atoms with van der Waals surface area (Å²) in [4.78, 5) is 25.3. The van der Waals surface area contributed by atoms with E-state index < -0.39 is 15.5 Å². The summed E-state index contributed by atoms with van der Waals surface area (Å²) in [5.74, 6) is 0.587. The average molecular weight is 412 g/mol. The van der Waals surface area contributed by atoms with E-state index in [2.05, 4.69) is 12.2 Å². The van der Waals surface area contributed by atoms with E-state index in [4.69, 9.17) is 4.18 Å². The maximum absolute atomic E-state index is 12.7. The van der Waals surface area contributed by atoms with Crippen LogP contribution in [0.5, 0.6) is 0 Å². The van der Waals surface area contributed by atoms with E-state index >= 15 is 0 Å². The minimum atomic E-state index is -3.44. The molecule has 3 aliphatic carbocycles. The van der Waals surface area contributed by atoms with Crippen LogP contribution in [-0.2, 0) is 23.9 Å². The Morgan fingerprint density at radius 2 is 1.93 bits per heavy atom. The molecule has 8 unspecified atom stereocenters. The molecule has 2 bridgehead atoms. The van der Waals surface area contributed by atoms with E-state index in [1.807, 2.05) is 27.7 Å². The third-order valence-corrected chi connectivity index (χ3v) is 10.5. The van der Waals surface area contributed by atoms with Crippen molar-refractivity contribution < 1.29 is 22.2 Å². The van der Waals surface area contributed by atoms with Crippen LogP contribution in [-0.4, -0.2) is 38.0 Å². The van der Waals surface area contributed by atoms with Gasteiger partial charge in [-0.15, -0.1) is 0 Å². The summed E-state index contributed by atoms with van der Waals surface area (Å²) in [6.07, 6.45) is 2.84. The summed E-state index contributed by atoms with van der Waals surface area (Å²) in [5.41, 5.74) is -0.507. The molecule has 0 aromatic heterocycles. The normalized spacial score (nSPS) is 44.5. The highest BCUT2D eigenvalue weighted by molar-refractivity contribution is 7.87. The molecule has 4 rings (SSSR count). The molecule has 0 spiro atoms. The lowest BCUT2D eigenvalue weighted by atomic mass is 9.72. The van der Waals surface area contributed by atoms with Crippen LogP contribution < -0.4 is 5.32 Å². The largest absolute Gasteiger partial charge is 0.349 e. The molecule has 28 heavy (non-hydrogen) atoms. The Bertz CT molecular complexity index is 808. The van der Waals surface area contributed by atoms with Gasteiger partial charge < -0.3 is 5.32 Å². The van der Waals surface area contributed by atoms with Crippen LogP contribution in [0.2, 0.25) is 0 Å². The first kappa shape index (κ1) is 20.3. The summed E-state index contributed by atoms with van der Waals surface area (Å²) in [6.45, 7) is 10.2. The first-order valence-electron chi connectivity index (χ1n) is 10.7. The van der Waals surface area contributed by atoms with Crippen LogP contribution in [0.25, 0.3) is 0 Å². The number of ketones is 1. The van der Waals surface area contributed by atoms with Gasteiger partial charge in [-0.25, -0.2) is 0 Å². The third-order valence-electron chi connectivity index (χ3n) is 8.71. The quantitative estimate of drug-likeness (QED) is 0.650. The zero-order valence-corrected chi connectivity index (χ0v) is 18.3. The molecule has 4 fully saturated rings. The number of hydrogen-bond donors (Lipinski definition) is 1. The summed E-state index contributed by atoms with van der Waals surface area (Å²) in [5, 5.41) is 2.52. The predicted octanol–water partition coefficient (Wildman–Crippen LogP) is 2.52. The van der Waals surface area contributed by atoms with Gasteiger partial charge in [0.25, 0.3) is 10.1 Å². The van der Waals surface area contributed by atoms with Crippen LogP contribution in [0.3, 0.4) is 0 Å². The van der Waals surface area contributed by atoms with Crippen LogP contribution in [0.15, 0.2) is 0 Å². The van der Waals surface area contributed by atoms with Gasteiger partial charge in [-0.1, -0.05) is 34.6 Å². The Labute approximate surface area is 168 Å². The van der Waals surface area contributed by atoms with Gasteiger partial charge in [-0.2, -0.15) is 8.42 Å². The van der Waals surface area contributed by atoms with Crippen LogP contribution in [0.4, 0.5) is 0 Å². The highest BCUT2D eigenvalue weighted by Gasteiger charge is 2.72. The van der Waals surface area contributed by atoms with Crippen molar-refractivity contribution in [3.8, 4) is 0 Å². The topological polar surface area (TPSA) is 89.5 Å². The molecule has 3 saturated carbocycles. The van der Waals surface area contributed by atoms with Gasteiger partial charge in [0.1, 0.15) is 0 Å². The van der Waals surface area contributed by atoms with Crippen LogP contribution in [0, 0.1) is 40.4 Å². The Hall–Kier alpha value is -0.950. The average Bonchev–Trinajstić information content (AvgIpc) is 3.19. The molecule has 0 aromatic rings. The van der Waals surface area contributed by atoms with Gasteiger partial charge in [0, 0.05) is 17.3 Å². The first-order valence-corrected chi connectivity index (χ1v) is 12.1. The number of amides is 1. The molecule has 1 amide bonds. The van der Waals surface area contributed by atoms with Crippen LogP contribution >= 0.6 is 0 Å². The van der Waals surface area contributed by atoms with E-state index in [-0.39, 0.29) is 64.6 Å². The van der Waals surface area contributed by atoms with E-state index in [0.29, 0.717) is 6.42 Å². The summed E-state index contributed by atoms with van der Waals surface area (Å²) >= 11 is 0. The smallest absolute Gasteiger partial charge is 0.270 e. The Kier molecular flexibility index (Phi) is 4.55. The van der Waals surface area contributed by atoms with Gasteiger partial charge in [-0.05, 0) is 48.9 Å². The van der Waals surface area contributed by atoms with Gasteiger partial charge in [-0.3, -0.25) is 13.8 Å². The second-order valence-corrected chi connectivity index (χ2v) is 12.2. The lowest BCUT2D eigenvalue weighted by Crippen LogP contribution is -2.44. The maximum atomic E-state index is 12.7. The van der Waals surface area contributed by atoms with Gasteiger partial charge in [0.2, 0.25) is 5.91 Å². The number of rotatable bonds is 7. The minimum absolute atomic E-state index is 0.0368. The molecule has 8 atom stereocenters. The third kappa shape index (κ3) is 2.79. The Morgan fingerprint density at radius 3 is 2.54 bits per heavy atom. The molecule has 1 aliphatic heterocycles. The van der Waals surface area contributed by atoms with Crippen molar-refractivity contribution in [1.29, 1.82) is 0 Å². The molecule has 7 heteroatoms. The van der Waals surface area contributed by atoms with E-state index in [1.54, 1.807) is 0 Å². The number of carbonyl (C=O) groups excluding carboxylic acids is 2. The number of fused-ring (bicyclic) bond motifs is 1.